The fraction of sp³-hybridized carbons (Fsp3) is 0.286. The van der Waals surface area contributed by atoms with Gasteiger partial charge in [-0.15, -0.1) is 0 Å². The summed E-state index contributed by atoms with van der Waals surface area (Å²) in [5, 5.41) is 10.9. The molecule has 3 aromatic carbocycles. The van der Waals surface area contributed by atoms with E-state index in [1.54, 1.807) is 17.0 Å². The average Bonchev–Trinajstić information content (AvgIpc) is 2.89. The number of hydrogen-bond donors (Lipinski definition) is 1. The van der Waals surface area contributed by atoms with Crippen LogP contribution in [-0.4, -0.2) is 61.3 Å². The van der Waals surface area contributed by atoms with Gasteiger partial charge in [0.15, 0.2) is 0 Å². The third kappa shape index (κ3) is 6.99. The van der Waals surface area contributed by atoms with E-state index in [1.807, 2.05) is 48.5 Å². The van der Waals surface area contributed by atoms with Crippen LogP contribution in [0.3, 0.4) is 0 Å². The molecule has 7 heteroatoms. The van der Waals surface area contributed by atoms with Gasteiger partial charge < -0.3 is 19.6 Å². The number of aliphatic hydroxyl groups is 1. The van der Waals surface area contributed by atoms with Crippen molar-refractivity contribution in [1.29, 1.82) is 0 Å². The van der Waals surface area contributed by atoms with Crippen LogP contribution in [0.25, 0.3) is 0 Å². The van der Waals surface area contributed by atoms with Crippen LogP contribution in [-0.2, 0) is 27.4 Å². The highest BCUT2D eigenvalue weighted by Gasteiger charge is 2.21. The number of aliphatic hydroxyl groups excluding tert-OH is 1. The number of rotatable bonds is 11. The first-order chi connectivity index (χ1) is 17.1. The van der Waals surface area contributed by atoms with Crippen molar-refractivity contribution in [2.24, 2.45) is 0 Å². The first-order valence-corrected chi connectivity index (χ1v) is 11.8. The topological polar surface area (TPSA) is 73.3 Å². The minimum absolute atomic E-state index is 0.0800. The van der Waals surface area contributed by atoms with Gasteiger partial charge in [0.2, 0.25) is 6.41 Å². The molecule has 4 rings (SSSR count). The molecule has 0 spiro atoms. The summed E-state index contributed by atoms with van der Waals surface area (Å²) in [5.41, 5.74) is 3.76. The maximum atomic E-state index is 12.1. The van der Waals surface area contributed by atoms with E-state index in [4.69, 9.17) is 4.74 Å². The Balaban J connectivity index is 1.41. The third-order valence-corrected chi connectivity index (χ3v) is 5.98. The number of anilines is 2. The van der Waals surface area contributed by atoms with Gasteiger partial charge in [-0.1, -0.05) is 60.7 Å². The van der Waals surface area contributed by atoms with Gasteiger partial charge in [0.25, 0.3) is 5.91 Å². The van der Waals surface area contributed by atoms with E-state index >= 15 is 0 Å². The molecule has 0 aromatic heterocycles. The minimum atomic E-state index is -0.742. The van der Waals surface area contributed by atoms with E-state index in [2.05, 4.69) is 29.2 Å². The fourth-order valence-corrected chi connectivity index (χ4v) is 4.28. The number of hydrogen-bond acceptors (Lipinski definition) is 5. The predicted molar refractivity (Wildman–Crippen MR) is 136 cm³/mol. The molecule has 1 heterocycles. The van der Waals surface area contributed by atoms with E-state index in [9.17, 15) is 14.7 Å². The minimum Gasteiger partial charge on any atom is -0.390 e. The molecule has 1 aliphatic rings. The number of morpholine rings is 1. The maximum absolute atomic E-state index is 12.1. The van der Waals surface area contributed by atoms with Crippen molar-refractivity contribution < 1.29 is 19.4 Å². The zero-order valence-corrected chi connectivity index (χ0v) is 19.7. The van der Waals surface area contributed by atoms with Crippen molar-refractivity contribution >= 4 is 23.7 Å². The summed E-state index contributed by atoms with van der Waals surface area (Å²) >= 11 is 0. The van der Waals surface area contributed by atoms with Gasteiger partial charge in [-0.2, -0.15) is 0 Å². The largest absolute Gasteiger partial charge is 0.390 e. The van der Waals surface area contributed by atoms with Crippen LogP contribution in [0.5, 0.6) is 0 Å². The summed E-state index contributed by atoms with van der Waals surface area (Å²) in [7, 11) is 0. The first kappa shape index (κ1) is 24.6. The second-order valence-electron chi connectivity index (χ2n) is 8.67. The lowest BCUT2D eigenvalue weighted by atomic mass is 10.1. The molecule has 1 N–H and O–H groups in total. The molecule has 1 fully saturated rings. The Morgan fingerprint density at radius 2 is 1.49 bits per heavy atom. The van der Waals surface area contributed by atoms with Crippen LogP contribution in [0.4, 0.5) is 11.4 Å². The normalized spacial score (nSPS) is 14.7. The number of carbonyl (C=O) groups is 2. The molecule has 0 bridgehead atoms. The molecular weight excluding hydrogens is 442 g/mol. The maximum Gasteiger partial charge on any atom is 0.253 e. The SMILES string of the molecule is O=CN(C[C@@H](O)CN(Cc1ccccc1)Cc1ccccc1)c1ccc(N2CCOCC2=O)cc1. The molecule has 1 atom stereocenters. The Bertz CT molecular complexity index is 1030. The quantitative estimate of drug-likeness (QED) is 0.434. The number of nitrogens with zero attached hydrogens (tertiary/aromatic N) is 3. The third-order valence-electron chi connectivity index (χ3n) is 5.98. The summed E-state index contributed by atoms with van der Waals surface area (Å²) < 4.78 is 5.19. The Kier molecular flexibility index (Phi) is 8.62. The molecule has 0 saturated carbocycles. The van der Waals surface area contributed by atoms with Crippen LogP contribution < -0.4 is 9.80 Å². The second-order valence-corrected chi connectivity index (χ2v) is 8.67. The summed E-state index contributed by atoms with van der Waals surface area (Å²) in [6.45, 7) is 3.05. The highest BCUT2D eigenvalue weighted by molar-refractivity contribution is 5.95. The Labute approximate surface area is 206 Å². The van der Waals surface area contributed by atoms with Gasteiger partial charge in [-0.25, -0.2) is 0 Å². The van der Waals surface area contributed by atoms with E-state index < -0.39 is 6.10 Å². The molecule has 0 aliphatic carbocycles. The molecule has 182 valence electrons. The Hall–Kier alpha value is -3.52. The molecule has 1 saturated heterocycles. The lowest BCUT2D eigenvalue weighted by Gasteiger charge is -2.29. The first-order valence-electron chi connectivity index (χ1n) is 11.8. The smallest absolute Gasteiger partial charge is 0.253 e. The zero-order valence-electron chi connectivity index (χ0n) is 19.7. The molecule has 2 amide bonds. The van der Waals surface area contributed by atoms with Crippen molar-refractivity contribution in [3.63, 3.8) is 0 Å². The van der Waals surface area contributed by atoms with Crippen LogP contribution in [0.2, 0.25) is 0 Å². The van der Waals surface area contributed by atoms with Crippen LogP contribution in [0, 0.1) is 0 Å². The highest BCUT2D eigenvalue weighted by atomic mass is 16.5. The van der Waals surface area contributed by atoms with Crippen LogP contribution >= 0.6 is 0 Å². The summed E-state index contributed by atoms with van der Waals surface area (Å²) in [5.74, 6) is -0.0800. The second kappa shape index (κ2) is 12.3. The van der Waals surface area contributed by atoms with Crippen LogP contribution in [0.15, 0.2) is 84.9 Å². The van der Waals surface area contributed by atoms with Gasteiger partial charge in [0, 0.05) is 37.6 Å². The zero-order chi connectivity index (χ0) is 24.5. The molecule has 7 nitrogen and oxygen atoms in total. The lowest BCUT2D eigenvalue weighted by molar-refractivity contribution is -0.125. The van der Waals surface area contributed by atoms with Gasteiger partial charge in [-0.05, 0) is 35.4 Å². The number of carbonyl (C=O) groups excluding carboxylic acids is 2. The molecule has 0 unspecified atom stereocenters. The average molecular weight is 474 g/mol. The van der Waals surface area contributed by atoms with Crippen molar-refractivity contribution in [2.75, 3.05) is 42.6 Å². The fourth-order valence-electron chi connectivity index (χ4n) is 4.28. The standard InChI is InChI=1S/C28H31N3O4/c32-22-30(25-11-13-26(14-12-25)31-15-16-35-21-28(31)34)20-27(33)19-29(17-23-7-3-1-4-8-23)18-24-9-5-2-6-10-24/h1-14,22,27,33H,15-21H2/t27-/m0/s1. The Morgan fingerprint density at radius 3 is 2.03 bits per heavy atom. The number of ether oxygens (including phenoxy) is 1. The van der Waals surface area contributed by atoms with Crippen LogP contribution in [0.1, 0.15) is 11.1 Å². The summed E-state index contributed by atoms with van der Waals surface area (Å²) in [4.78, 5) is 29.3. The molecule has 1 aliphatic heterocycles. The van der Waals surface area contributed by atoms with E-state index in [0.29, 0.717) is 38.5 Å². The summed E-state index contributed by atoms with van der Waals surface area (Å²) in [6, 6.07) is 27.5. The van der Waals surface area contributed by atoms with Gasteiger partial charge in [-0.3, -0.25) is 14.5 Å². The van der Waals surface area contributed by atoms with Crippen molar-refractivity contribution in [1.82, 2.24) is 4.90 Å². The van der Waals surface area contributed by atoms with Crippen molar-refractivity contribution in [3.05, 3.63) is 96.1 Å². The highest BCUT2D eigenvalue weighted by Crippen LogP contribution is 2.22. The van der Waals surface area contributed by atoms with Crippen molar-refractivity contribution in [3.8, 4) is 0 Å². The monoisotopic (exact) mass is 473 g/mol. The van der Waals surface area contributed by atoms with E-state index in [-0.39, 0.29) is 19.1 Å². The molecular formula is C28H31N3O4. The molecule has 0 radical (unpaired) electrons. The predicted octanol–water partition coefficient (Wildman–Crippen LogP) is 3.08. The number of amides is 2. The number of benzene rings is 3. The molecule has 35 heavy (non-hydrogen) atoms. The van der Waals surface area contributed by atoms with E-state index in [0.717, 1.165) is 23.2 Å². The van der Waals surface area contributed by atoms with E-state index in [1.165, 1.54) is 4.90 Å². The summed E-state index contributed by atoms with van der Waals surface area (Å²) in [6.07, 6.45) is -0.00950. The molecule has 3 aromatic rings. The van der Waals surface area contributed by atoms with Gasteiger partial charge in [0.1, 0.15) is 6.61 Å². The van der Waals surface area contributed by atoms with Crippen molar-refractivity contribution in [2.45, 2.75) is 19.2 Å². The van der Waals surface area contributed by atoms with Gasteiger partial charge >= 0.3 is 0 Å². The lowest BCUT2D eigenvalue weighted by Crippen LogP contribution is -2.41. The van der Waals surface area contributed by atoms with Gasteiger partial charge in [0.05, 0.1) is 19.3 Å². The Morgan fingerprint density at radius 1 is 0.886 bits per heavy atom.